The van der Waals surface area contributed by atoms with Crippen LogP contribution in [0.5, 0.6) is 0 Å². The summed E-state index contributed by atoms with van der Waals surface area (Å²) in [4.78, 5) is 19.4. The van der Waals surface area contributed by atoms with E-state index in [4.69, 9.17) is 11.6 Å². The third-order valence-electron chi connectivity index (χ3n) is 5.76. The largest absolute Gasteiger partial charge is 0.337 e. The second-order valence-corrected chi connectivity index (χ2v) is 8.21. The minimum absolute atomic E-state index is 0.0450. The summed E-state index contributed by atoms with van der Waals surface area (Å²) >= 11 is 6.60. The molecule has 1 amide bonds. The summed E-state index contributed by atoms with van der Waals surface area (Å²) in [5.74, 6) is -0.0450. The Balaban J connectivity index is 1.55. The molecule has 3 heterocycles. The van der Waals surface area contributed by atoms with E-state index in [2.05, 4.69) is 34.2 Å². The Bertz CT molecular complexity index is 1210. The van der Waals surface area contributed by atoms with Crippen LogP contribution in [0.3, 0.4) is 0 Å². The molecule has 0 fully saturated rings. The fourth-order valence-corrected chi connectivity index (χ4v) is 4.46. The third kappa shape index (κ3) is 3.53. The van der Waals surface area contributed by atoms with E-state index in [0.29, 0.717) is 17.3 Å². The smallest absolute Gasteiger partial charge is 0.273 e. The van der Waals surface area contributed by atoms with Crippen LogP contribution in [0.4, 0.5) is 0 Å². The van der Waals surface area contributed by atoms with Crippen molar-refractivity contribution < 1.29 is 4.79 Å². The number of imidazole rings is 1. The van der Waals surface area contributed by atoms with Crippen molar-refractivity contribution in [3.8, 4) is 11.3 Å². The number of benzene rings is 2. The van der Waals surface area contributed by atoms with E-state index in [-0.39, 0.29) is 11.9 Å². The third-order valence-corrected chi connectivity index (χ3v) is 6.11. The SMILES string of the molecule is Cc1ccc(-c2n[nH]c3c2C(c2ccccc2Cl)N(CCCn2ccnc2)C3=O)cc1. The predicted octanol–water partition coefficient (Wildman–Crippen LogP) is 4.87. The molecule has 0 aliphatic carbocycles. The minimum atomic E-state index is -0.283. The van der Waals surface area contributed by atoms with Crippen molar-refractivity contribution in [2.75, 3.05) is 6.54 Å². The molecule has 2 aromatic heterocycles. The zero-order valence-electron chi connectivity index (χ0n) is 17.1. The van der Waals surface area contributed by atoms with Crippen LogP contribution in [0.2, 0.25) is 5.02 Å². The molecule has 31 heavy (non-hydrogen) atoms. The van der Waals surface area contributed by atoms with Crippen LogP contribution < -0.4 is 0 Å². The number of amides is 1. The van der Waals surface area contributed by atoms with E-state index in [1.54, 1.807) is 12.5 Å². The molecule has 0 saturated carbocycles. The van der Waals surface area contributed by atoms with E-state index in [1.165, 1.54) is 5.56 Å². The van der Waals surface area contributed by atoms with Crippen LogP contribution in [-0.2, 0) is 6.54 Å². The van der Waals surface area contributed by atoms with Gasteiger partial charge in [0.2, 0.25) is 0 Å². The van der Waals surface area contributed by atoms with Gasteiger partial charge in [0.1, 0.15) is 5.69 Å². The van der Waals surface area contributed by atoms with Gasteiger partial charge in [0.15, 0.2) is 0 Å². The highest BCUT2D eigenvalue weighted by Crippen LogP contribution is 2.44. The fourth-order valence-electron chi connectivity index (χ4n) is 4.22. The average molecular weight is 432 g/mol. The van der Waals surface area contributed by atoms with Crippen molar-refractivity contribution in [2.45, 2.75) is 25.9 Å². The number of rotatable bonds is 6. The van der Waals surface area contributed by atoms with Gasteiger partial charge >= 0.3 is 0 Å². The monoisotopic (exact) mass is 431 g/mol. The Morgan fingerprint density at radius 1 is 1.10 bits per heavy atom. The maximum absolute atomic E-state index is 13.4. The number of aryl methyl sites for hydroxylation is 2. The van der Waals surface area contributed by atoms with Gasteiger partial charge in [-0.2, -0.15) is 5.10 Å². The van der Waals surface area contributed by atoms with E-state index >= 15 is 0 Å². The van der Waals surface area contributed by atoms with Crippen LogP contribution in [0.25, 0.3) is 11.3 Å². The zero-order chi connectivity index (χ0) is 21.4. The maximum Gasteiger partial charge on any atom is 0.273 e. The van der Waals surface area contributed by atoms with Gasteiger partial charge in [-0.15, -0.1) is 0 Å². The number of halogens is 1. The van der Waals surface area contributed by atoms with Gasteiger partial charge in [0.25, 0.3) is 5.91 Å². The molecule has 0 saturated heterocycles. The molecule has 6 nitrogen and oxygen atoms in total. The molecule has 0 bridgehead atoms. The van der Waals surface area contributed by atoms with Crippen molar-refractivity contribution in [3.63, 3.8) is 0 Å². The summed E-state index contributed by atoms with van der Waals surface area (Å²) in [5.41, 5.74) is 5.30. The number of aromatic amines is 1. The number of carbonyl (C=O) groups is 1. The van der Waals surface area contributed by atoms with Gasteiger partial charge in [-0.05, 0) is 25.0 Å². The molecule has 0 radical (unpaired) electrons. The molecule has 5 rings (SSSR count). The first-order chi connectivity index (χ1) is 15.1. The highest BCUT2D eigenvalue weighted by molar-refractivity contribution is 6.31. The maximum atomic E-state index is 13.4. The Kier molecular flexibility index (Phi) is 5.08. The molecule has 1 aliphatic heterocycles. The lowest BCUT2D eigenvalue weighted by Gasteiger charge is -2.27. The van der Waals surface area contributed by atoms with Gasteiger partial charge in [-0.1, -0.05) is 59.6 Å². The van der Waals surface area contributed by atoms with Gasteiger partial charge in [0.05, 0.1) is 18.1 Å². The number of hydrogen-bond donors (Lipinski definition) is 1. The van der Waals surface area contributed by atoms with E-state index < -0.39 is 0 Å². The van der Waals surface area contributed by atoms with E-state index in [1.807, 2.05) is 52.1 Å². The van der Waals surface area contributed by atoms with Gasteiger partial charge in [0, 0.05) is 41.6 Å². The first-order valence-corrected chi connectivity index (χ1v) is 10.7. The summed E-state index contributed by atoms with van der Waals surface area (Å²) in [7, 11) is 0. The first-order valence-electron chi connectivity index (χ1n) is 10.3. The molecule has 1 aliphatic rings. The summed E-state index contributed by atoms with van der Waals surface area (Å²) in [6.07, 6.45) is 6.29. The molecule has 7 heteroatoms. The Morgan fingerprint density at radius 3 is 2.65 bits per heavy atom. The number of fused-ring (bicyclic) bond motifs is 1. The molecule has 1 atom stereocenters. The Labute approximate surface area is 185 Å². The molecular formula is C24H22ClN5O. The lowest BCUT2D eigenvalue weighted by molar-refractivity contribution is 0.0739. The van der Waals surface area contributed by atoms with Crippen LogP contribution in [0.1, 0.15) is 39.6 Å². The summed E-state index contributed by atoms with van der Waals surface area (Å²) in [6.45, 7) is 3.44. The van der Waals surface area contributed by atoms with Crippen molar-refractivity contribution in [1.29, 1.82) is 0 Å². The van der Waals surface area contributed by atoms with Crippen LogP contribution in [-0.4, -0.2) is 37.1 Å². The average Bonchev–Trinajstić information content (AvgIpc) is 3.49. The Hall–Kier alpha value is -3.38. The molecule has 1 unspecified atom stereocenters. The van der Waals surface area contributed by atoms with Crippen molar-refractivity contribution >= 4 is 17.5 Å². The normalized spacial score (nSPS) is 15.5. The Morgan fingerprint density at radius 2 is 1.90 bits per heavy atom. The molecule has 1 N–H and O–H groups in total. The minimum Gasteiger partial charge on any atom is -0.337 e. The second-order valence-electron chi connectivity index (χ2n) is 7.80. The number of H-pyrrole nitrogens is 1. The van der Waals surface area contributed by atoms with Crippen molar-refractivity contribution in [2.24, 2.45) is 0 Å². The van der Waals surface area contributed by atoms with Crippen LogP contribution in [0, 0.1) is 6.92 Å². The van der Waals surface area contributed by atoms with Gasteiger partial charge < -0.3 is 9.47 Å². The number of nitrogens with one attached hydrogen (secondary N) is 1. The number of carbonyl (C=O) groups excluding carboxylic acids is 1. The number of aromatic nitrogens is 4. The fraction of sp³-hybridized carbons (Fsp3) is 0.208. The van der Waals surface area contributed by atoms with Crippen LogP contribution in [0.15, 0.2) is 67.3 Å². The standard InChI is InChI=1S/C24H22ClN5O/c1-16-7-9-17(10-8-16)21-20-22(28-27-21)24(31)30(13-4-12-29-14-11-26-15-29)23(20)18-5-2-3-6-19(18)25/h2-3,5-11,14-15,23H,4,12-13H2,1H3,(H,27,28). The van der Waals surface area contributed by atoms with Crippen molar-refractivity contribution in [1.82, 2.24) is 24.6 Å². The molecule has 0 spiro atoms. The molecule has 4 aromatic rings. The van der Waals surface area contributed by atoms with E-state index in [9.17, 15) is 4.79 Å². The van der Waals surface area contributed by atoms with Gasteiger partial charge in [-0.3, -0.25) is 9.89 Å². The number of nitrogens with zero attached hydrogens (tertiary/aromatic N) is 4. The molecule has 156 valence electrons. The quantitative estimate of drug-likeness (QED) is 0.473. The second kappa shape index (κ2) is 8.04. The highest BCUT2D eigenvalue weighted by Gasteiger charge is 2.42. The lowest BCUT2D eigenvalue weighted by atomic mass is 9.95. The van der Waals surface area contributed by atoms with Gasteiger partial charge in [-0.25, -0.2) is 4.98 Å². The van der Waals surface area contributed by atoms with E-state index in [0.717, 1.165) is 35.3 Å². The summed E-state index contributed by atoms with van der Waals surface area (Å²) in [5, 5.41) is 8.17. The topological polar surface area (TPSA) is 66.8 Å². The van der Waals surface area contributed by atoms with Crippen LogP contribution >= 0.6 is 11.6 Å². The van der Waals surface area contributed by atoms with Crippen molar-refractivity contribution in [3.05, 3.63) is 94.7 Å². The highest BCUT2D eigenvalue weighted by atomic mass is 35.5. The first kappa shape index (κ1) is 19.6. The predicted molar refractivity (Wildman–Crippen MR) is 120 cm³/mol. The summed E-state index contributed by atoms with van der Waals surface area (Å²) < 4.78 is 2.02. The number of hydrogen-bond acceptors (Lipinski definition) is 3. The zero-order valence-corrected chi connectivity index (χ0v) is 17.9. The molecule has 2 aromatic carbocycles. The lowest BCUT2D eigenvalue weighted by Crippen LogP contribution is -2.31. The molecular weight excluding hydrogens is 410 g/mol. The summed E-state index contributed by atoms with van der Waals surface area (Å²) in [6, 6.07) is 15.6.